The van der Waals surface area contributed by atoms with Gasteiger partial charge >= 0.3 is 0 Å². The van der Waals surface area contributed by atoms with Crippen molar-refractivity contribution in [2.75, 3.05) is 0 Å². The summed E-state index contributed by atoms with van der Waals surface area (Å²) in [5.41, 5.74) is 1.99. The molecule has 1 N–H and O–H groups in total. The molecule has 0 saturated carbocycles. The van der Waals surface area contributed by atoms with Gasteiger partial charge in [0.1, 0.15) is 0 Å². The average Bonchev–Trinajstić information content (AvgIpc) is 2.92. The molecule has 2 heterocycles. The molecule has 5 nitrogen and oxygen atoms in total. The van der Waals surface area contributed by atoms with E-state index >= 15 is 0 Å². The van der Waals surface area contributed by atoms with Crippen molar-refractivity contribution in [3.8, 4) is 0 Å². The summed E-state index contributed by atoms with van der Waals surface area (Å²) in [7, 11) is 0. The number of H-pyrrole nitrogens is 1. The topological polar surface area (TPSA) is 71.5 Å². The van der Waals surface area contributed by atoms with Gasteiger partial charge in [-0.15, -0.1) is 5.10 Å². The number of hydrogen-bond donors (Lipinski definition) is 1. The van der Waals surface area contributed by atoms with Gasteiger partial charge < -0.3 is 4.98 Å². The number of rotatable bonds is 2. The number of fused-ring (bicyclic) bond motifs is 1. The van der Waals surface area contributed by atoms with Crippen LogP contribution in [0.2, 0.25) is 0 Å². The number of aromatic amines is 1. The Labute approximate surface area is 123 Å². The summed E-state index contributed by atoms with van der Waals surface area (Å²) in [6.07, 6.45) is 1.62. The van der Waals surface area contributed by atoms with Gasteiger partial charge in [-0.1, -0.05) is 28.2 Å². The highest BCUT2D eigenvalue weighted by atomic mass is 35.5. The maximum Gasteiger partial charge on any atom is 0.259 e. The van der Waals surface area contributed by atoms with Crippen molar-refractivity contribution >= 4 is 45.1 Å². The van der Waals surface area contributed by atoms with Gasteiger partial charge in [-0.25, -0.2) is 4.98 Å². The lowest BCUT2D eigenvalue weighted by Crippen LogP contribution is -2.11. The number of hydrogen-bond acceptors (Lipinski definition) is 5. The van der Waals surface area contributed by atoms with Crippen molar-refractivity contribution in [2.24, 2.45) is 0 Å². The molecule has 0 spiro atoms. The van der Waals surface area contributed by atoms with Gasteiger partial charge in [0, 0.05) is 5.38 Å². The lowest BCUT2D eigenvalue weighted by Gasteiger charge is -2.03. The second-order valence-electron chi connectivity index (χ2n) is 4.21. The van der Waals surface area contributed by atoms with Crippen LogP contribution in [0.1, 0.15) is 17.1 Å². The fourth-order valence-corrected chi connectivity index (χ4v) is 2.46. The number of nitrogens with one attached hydrogen (secondary N) is 1. The largest absolute Gasteiger partial charge is 0.305 e. The first-order chi connectivity index (χ1) is 9.65. The normalized spacial score (nSPS) is 12.0. The molecular weight excluding hydrogens is 296 g/mol. The quantitative estimate of drug-likeness (QED) is 0.790. The van der Waals surface area contributed by atoms with Crippen molar-refractivity contribution in [1.82, 2.24) is 19.6 Å². The van der Waals surface area contributed by atoms with E-state index in [9.17, 15) is 4.79 Å². The second kappa shape index (κ2) is 5.15. The highest BCUT2D eigenvalue weighted by Gasteiger charge is 2.08. The minimum absolute atomic E-state index is 0.211. The van der Waals surface area contributed by atoms with Crippen LogP contribution in [-0.4, -0.2) is 19.6 Å². The van der Waals surface area contributed by atoms with E-state index in [0.29, 0.717) is 27.5 Å². The van der Waals surface area contributed by atoms with Gasteiger partial charge in [0.05, 0.1) is 21.6 Å². The molecule has 2 aromatic heterocycles. The molecule has 20 heavy (non-hydrogen) atoms. The Balaban J connectivity index is 2.18. The minimum Gasteiger partial charge on any atom is -0.305 e. The van der Waals surface area contributed by atoms with Crippen LogP contribution in [-0.2, 0) is 0 Å². The van der Waals surface area contributed by atoms with E-state index in [2.05, 4.69) is 19.6 Å². The monoisotopic (exact) mass is 304 g/mol. The molecule has 0 saturated heterocycles. The Morgan fingerprint density at radius 1 is 1.45 bits per heavy atom. The van der Waals surface area contributed by atoms with Gasteiger partial charge in [0.25, 0.3) is 5.56 Å². The second-order valence-corrected chi connectivity index (χ2v) is 5.22. The number of aromatic nitrogens is 4. The zero-order chi connectivity index (χ0) is 14.1. The van der Waals surface area contributed by atoms with E-state index in [1.807, 2.05) is 19.1 Å². The molecule has 3 aromatic rings. The molecule has 0 aliphatic rings. The molecule has 0 unspecified atom stereocenters. The van der Waals surface area contributed by atoms with Crippen LogP contribution in [0.15, 0.2) is 28.4 Å². The minimum atomic E-state index is -0.211. The van der Waals surface area contributed by atoms with Crippen LogP contribution in [0, 0.1) is 6.92 Å². The summed E-state index contributed by atoms with van der Waals surface area (Å²) in [6, 6.07) is 5.47. The third-order valence-corrected chi connectivity index (χ3v) is 3.63. The summed E-state index contributed by atoms with van der Waals surface area (Å²) in [6.45, 7) is 1.90. The van der Waals surface area contributed by atoms with E-state index in [4.69, 9.17) is 11.6 Å². The fourth-order valence-electron chi connectivity index (χ4n) is 1.85. The Kier molecular flexibility index (Phi) is 3.33. The molecule has 100 valence electrons. The van der Waals surface area contributed by atoms with Gasteiger partial charge in [0.15, 0.2) is 5.82 Å². The van der Waals surface area contributed by atoms with Crippen LogP contribution >= 0.6 is 23.1 Å². The van der Waals surface area contributed by atoms with Gasteiger partial charge in [-0.2, -0.15) is 0 Å². The molecule has 0 fully saturated rings. The van der Waals surface area contributed by atoms with Crippen LogP contribution in [0.3, 0.4) is 0 Å². The maximum absolute atomic E-state index is 12.1. The number of aryl methyl sites for hydroxylation is 1. The molecule has 0 aliphatic carbocycles. The average molecular weight is 305 g/mol. The zero-order valence-electron chi connectivity index (χ0n) is 10.4. The predicted molar refractivity (Wildman–Crippen MR) is 80.7 cm³/mol. The smallest absolute Gasteiger partial charge is 0.259 e. The van der Waals surface area contributed by atoms with Crippen molar-refractivity contribution < 1.29 is 0 Å². The van der Waals surface area contributed by atoms with E-state index in [-0.39, 0.29) is 5.56 Å². The fraction of sp³-hybridized carbons (Fsp3) is 0.0769. The number of para-hydroxylation sites is 1. The lowest BCUT2D eigenvalue weighted by molar-refractivity contribution is 1.12. The molecule has 0 radical (unpaired) electrons. The SMILES string of the molecule is Cc1cccc2c(=O)[nH]c(/C(Cl)=C/c3csnn3)nc12. The Hall–Kier alpha value is -2.05. The maximum atomic E-state index is 12.1. The molecule has 0 amide bonds. The standard InChI is InChI=1S/C13H9ClN4OS/c1-7-3-2-4-9-11(7)15-12(16-13(9)19)10(14)5-8-6-20-18-17-8/h2-6H,1H3,(H,15,16,19)/b10-5-. The van der Waals surface area contributed by atoms with Crippen LogP contribution in [0.25, 0.3) is 22.0 Å². The summed E-state index contributed by atoms with van der Waals surface area (Å²) < 4.78 is 3.75. The Morgan fingerprint density at radius 2 is 2.30 bits per heavy atom. The third kappa shape index (κ3) is 2.35. The van der Waals surface area contributed by atoms with Crippen LogP contribution < -0.4 is 5.56 Å². The third-order valence-electron chi connectivity index (χ3n) is 2.82. The molecule has 7 heteroatoms. The molecule has 0 atom stereocenters. The van der Waals surface area contributed by atoms with Gasteiger partial charge in [0.2, 0.25) is 0 Å². The van der Waals surface area contributed by atoms with E-state index < -0.39 is 0 Å². The first kappa shape index (κ1) is 13.0. The van der Waals surface area contributed by atoms with Gasteiger partial charge in [-0.05, 0) is 36.2 Å². The zero-order valence-corrected chi connectivity index (χ0v) is 12.0. The highest BCUT2D eigenvalue weighted by Crippen LogP contribution is 2.20. The van der Waals surface area contributed by atoms with E-state index in [0.717, 1.165) is 5.56 Å². The van der Waals surface area contributed by atoms with Crippen molar-refractivity contribution in [3.05, 3.63) is 51.0 Å². The lowest BCUT2D eigenvalue weighted by atomic mass is 10.1. The highest BCUT2D eigenvalue weighted by molar-refractivity contribution is 7.03. The Morgan fingerprint density at radius 3 is 3.05 bits per heavy atom. The molecule has 0 aliphatic heterocycles. The summed E-state index contributed by atoms with van der Waals surface area (Å²) in [5.74, 6) is 0.325. The van der Waals surface area contributed by atoms with Crippen molar-refractivity contribution in [1.29, 1.82) is 0 Å². The first-order valence-corrected chi connectivity index (χ1v) is 7.01. The Bertz CT molecular complexity index is 854. The first-order valence-electron chi connectivity index (χ1n) is 5.79. The number of nitrogens with zero attached hydrogens (tertiary/aromatic N) is 3. The van der Waals surface area contributed by atoms with Crippen molar-refractivity contribution in [2.45, 2.75) is 6.92 Å². The molecule has 3 rings (SSSR count). The van der Waals surface area contributed by atoms with Crippen LogP contribution in [0.5, 0.6) is 0 Å². The molecule has 1 aromatic carbocycles. The number of benzene rings is 1. The van der Waals surface area contributed by atoms with Crippen molar-refractivity contribution in [3.63, 3.8) is 0 Å². The summed E-state index contributed by atoms with van der Waals surface area (Å²) in [5, 5.41) is 6.50. The summed E-state index contributed by atoms with van der Waals surface area (Å²) in [4.78, 5) is 19.1. The molecule has 0 bridgehead atoms. The summed E-state index contributed by atoms with van der Waals surface area (Å²) >= 11 is 7.42. The van der Waals surface area contributed by atoms with E-state index in [1.165, 1.54) is 11.5 Å². The van der Waals surface area contributed by atoms with Gasteiger partial charge in [-0.3, -0.25) is 4.79 Å². The van der Waals surface area contributed by atoms with Crippen LogP contribution in [0.4, 0.5) is 0 Å². The van der Waals surface area contributed by atoms with E-state index in [1.54, 1.807) is 17.5 Å². The predicted octanol–water partition coefficient (Wildman–Crippen LogP) is 2.82. The number of halogens is 1. The molecular formula is C13H9ClN4OS.